The van der Waals surface area contributed by atoms with Crippen LogP contribution < -0.4 is 5.32 Å². The SMILES string of the molecule is CCCNC(CN(C)CC1CCCCC1)C(=O)OCC. The van der Waals surface area contributed by atoms with Gasteiger partial charge in [-0.25, -0.2) is 0 Å². The van der Waals surface area contributed by atoms with Gasteiger partial charge in [-0.05, 0) is 45.7 Å². The van der Waals surface area contributed by atoms with Crippen LogP contribution in [0, 0.1) is 5.92 Å². The van der Waals surface area contributed by atoms with Crippen LogP contribution in [0.3, 0.4) is 0 Å². The van der Waals surface area contributed by atoms with Crippen LogP contribution in [-0.2, 0) is 9.53 Å². The largest absolute Gasteiger partial charge is 0.465 e. The van der Waals surface area contributed by atoms with Gasteiger partial charge in [0.1, 0.15) is 6.04 Å². The van der Waals surface area contributed by atoms with E-state index in [1.807, 2.05) is 6.92 Å². The molecule has 1 saturated carbocycles. The predicted molar refractivity (Wildman–Crippen MR) is 82.8 cm³/mol. The lowest BCUT2D eigenvalue weighted by atomic mass is 9.89. The van der Waals surface area contributed by atoms with E-state index in [2.05, 4.69) is 24.2 Å². The van der Waals surface area contributed by atoms with Crippen LogP contribution in [0.1, 0.15) is 52.4 Å². The molecular weight excluding hydrogens is 252 g/mol. The fourth-order valence-electron chi connectivity index (χ4n) is 2.98. The summed E-state index contributed by atoms with van der Waals surface area (Å²) in [6, 6.07) is -0.191. The number of carbonyl (C=O) groups is 1. The van der Waals surface area contributed by atoms with Gasteiger partial charge in [-0.2, -0.15) is 0 Å². The first-order chi connectivity index (χ1) is 9.67. The van der Waals surface area contributed by atoms with E-state index in [9.17, 15) is 4.79 Å². The quantitative estimate of drug-likeness (QED) is 0.660. The number of ether oxygens (including phenoxy) is 1. The van der Waals surface area contributed by atoms with Gasteiger partial charge in [0.2, 0.25) is 0 Å². The summed E-state index contributed by atoms with van der Waals surface area (Å²) in [6.07, 6.45) is 7.85. The summed E-state index contributed by atoms with van der Waals surface area (Å²) in [4.78, 5) is 14.3. The van der Waals surface area contributed by atoms with E-state index < -0.39 is 0 Å². The minimum absolute atomic E-state index is 0.114. The lowest BCUT2D eigenvalue weighted by molar-refractivity contribution is -0.146. The maximum Gasteiger partial charge on any atom is 0.324 e. The number of esters is 1. The van der Waals surface area contributed by atoms with Crippen molar-refractivity contribution in [2.24, 2.45) is 5.92 Å². The average Bonchev–Trinajstić information content (AvgIpc) is 2.44. The minimum atomic E-state index is -0.191. The summed E-state index contributed by atoms with van der Waals surface area (Å²) >= 11 is 0. The fourth-order valence-corrected chi connectivity index (χ4v) is 2.98. The molecule has 1 rings (SSSR count). The Morgan fingerprint density at radius 1 is 1.30 bits per heavy atom. The van der Waals surface area contributed by atoms with Gasteiger partial charge in [-0.1, -0.05) is 26.2 Å². The molecule has 118 valence electrons. The Morgan fingerprint density at radius 3 is 2.60 bits per heavy atom. The average molecular weight is 284 g/mol. The van der Waals surface area contributed by atoms with Crippen molar-refractivity contribution in [3.8, 4) is 0 Å². The molecule has 4 heteroatoms. The number of hydrogen-bond donors (Lipinski definition) is 1. The molecule has 0 aromatic rings. The van der Waals surface area contributed by atoms with Crippen LogP contribution in [0.25, 0.3) is 0 Å². The van der Waals surface area contributed by atoms with Gasteiger partial charge in [-0.3, -0.25) is 4.79 Å². The van der Waals surface area contributed by atoms with E-state index >= 15 is 0 Å². The highest BCUT2D eigenvalue weighted by Crippen LogP contribution is 2.24. The molecule has 0 heterocycles. The predicted octanol–water partition coefficient (Wildman–Crippen LogP) is 2.43. The van der Waals surface area contributed by atoms with Crippen molar-refractivity contribution in [3.63, 3.8) is 0 Å². The number of hydrogen-bond acceptors (Lipinski definition) is 4. The Balaban J connectivity index is 2.38. The highest BCUT2D eigenvalue weighted by atomic mass is 16.5. The van der Waals surface area contributed by atoms with Crippen LogP contribution in [-0.4, -0.2) is 50.2 Å². The second-order valence-electron chi connectivity index (χ2n) is 5.98. The molecule has 1 aliphatic carbocycles. The molecular formula is C16H32N2O2. The van der Waals surface area contributed by atoms with Crippen LogP contribution in [0.4, 0.5) is 0 Å². The summed E-state index contributed by atoms with van der Waals surface area (Å²) in [6.45, 7) is 7.14. The van der Waals surface area contributed by atoms with Crippen molar-refractivity contribution in [1.29, 1.82) is 0 Å². The first-order valence-corrected chi connectivity index (χ1v) is 8.25. The highest BCUT2D eigenvalue weighted by molar-refractivity contribution is 5.76. The molecule has 0 radical (unpaired) electrons. The summed E-state index contributed by atoms with van der Waals surface area (Å²) in [5.41, 5.74) is 0. The molecule has 0 aromatic carbocycles. The van der Waals surface area contributed by atoms with Crippen molar-refractivity contribution in [3.05, 3.63) is 0 Å². The monoisotopic (exact) mass is 284 g/mol. The van der Waals surface area contributed by atoms with E-state index in [0.29, 0.717) is 6.61 Å². The van der Waals surface area contributed by atoms with Crippen LogP contribution in [0.2, 0.25) is 0 Å². The third-order valence-electron chi connectivity index (χ3n) is 4.00. The third-order valence-corrected chi connectivity index (χ3v) is 4.00. The molecule has 0 bridgehead atoms. The molecule has 0 spiro atoms. The zero-order valence-electron chi connectivity index (χ0n) is 13.5. The Hall–Kier alpha value is -0.610. The minimum Gasteiger partial charge on any atom is -0.465 e. The maximum atomic E-state index is 12.0. The van der Waals surface area contributed by atoms with Crippen molar-refractivity contribution in [2.45, 2.75) is 58.4 Å². The summed E-state index contributed by atoms with van der Waals surface area (Å²) in [5, 5.41) is 3.31. The molecule has 0 aromatic heterocycles. The first kappa shape index (κ1) is 17.4. The smallest absolute Gasteiger partial charge is 0.324 e. The zero-order chi connectivity index (χ0) is 14.8. The Labute approximate surface area is 124 Å². The van der Waals surface area contributed by atoms with E-state index in [1.54, 1.807) is 0 Å². The number of nitrogens with zero attached hydrogens (tertiary/aromatic N) is 1. The lowest BCUT2D eigenvalue weighted by Gasteiger charge is -2.29. The van der Waals surface area contributed by atoms with E-state index in [4.69, 9.17) is 4.74 Å². The van der Waals surface area contributed by atoms with Crippen molar-refractivity contribution >= 4 is 5.97 Å². The molecule has 1 unspecified atom stereocenters. The Morgan fingerprint density at radius 2 is 2.00 bits per heavy atom. The highest BCUT2D eigenvalue weighted by Gasteiger charge is 2.22. The molecule has 0 amide bonds. The normalized spacial score (nSPS) is 18.2. The Bertz CT molecular complexity index is 265. The van der Waals surface area contributed by atoms with Gasteiger partial charge in [-0.15, -0.1) is 0 Å². The molecule has 20 heavy (non-hydrogen) atoms. The van der Waals surface area contributed by atoms with Crippen molar-refractivity contribution in [1.82, 2.24) is 10.2 Å². The van der Waals surface area contributed by atoms with Gasteiger partial charge in [0, 0.05) is 13.1 Å². The summed E-state index contributed by atoms with van der Waals surface area (Å²) in [7, 11) is 2.12. The second-order valence-corrected chi connectivity index (χ2v) is 5.98. The fraction of sp³-hybridized carbons (Fsp3) is 0.938. The van der Waals surface area contributed by atoms with Gasteiger partial charge in [0.25, 0.3) is 0 Å². The third kappa shape index (κ3) is 6.71. The van der Waals surface area contributed by atoms with E-state index in [-0.39, 0.29) is 12.0 Å². The molecule has 0 aliphatic heterocycles. The molecule has 4 nitrogen and oxygen atoms in total. The topological polar surface area (TPSA) is 41.6 Å². The van der Waals surface area contributed by atoms with Crippen LogP contribution in [0.5, 0.6) is 0 Å². The number of nitrogens with one attached hydrogen (secondary N) is 1. The second kappa shape index (κ2) is 10.2. The van der Waals surface area contributed by atoms with Gasteiger partial charge >= 0.3 is 5.97 Å². The van der Waals surface area contributed by atoms with Gasteiger partial charge < -0.3 is 15.0 Å². The first-order valence-electron chi connectivity index (χ1n) is 8.25. The standard InChI is InChI=1S/C16H32N2O2/c1-4-11-17-15(16(19)20-5-2)13-18(3)12-14-9-7-6-8-10-14/h14-15,17H,4-13H2,1-3H3. The zero-order valence-corrected chi connectivity index (χ0v) is 13.5. The summed E-state index contributed by atoms with van der Waals surface area (Å²) < 4.78 is 5.16. The Kier molecular flexibility index (Phi) is 8.86. The summed E-state index contributed by atoms with van der Waals surface area (Å²) in [5.74, 6) is 0.694. The van der Waals surface area contributed by atoms with Crippen molar-refractivity contribution < 1.29 is 9.53 Å². The number of likely N-dealkylation sites (N-methyl/N-ethyl adjacent to an activating group) is 1. The van der Waals surface area contributed by atoms with Gasteiger partial charge in [0.15, 0.2) is 0 Å². The molecule has 1 N–H and O–H groups in total. The van der Waals surface area contributed by atoms with Crippen LogP contribution >= 0.6 is 0 Å². The van der Waals surface area contributed by atoms with E-state index in [1.165, 1.54) is 32.1 Å². The van der Waals surface area contributed by atoms with Gasteiger partial charge in [0.05, 0.1) is 6.61 Å². The maximum absolute atomic E-state index is 12.0. The molecule has 0 saturated heterocycles. The number of rotatable bonds is 9. The number of carbonyl (C=O) groups excluding carboxylic acids is 1. The van der Waals surface area contributed by atoms with E-state index in [0.717, 1.165) is 32.0 Å². The lowest BCUT2D eigenvalue weighted by Crippen LogP contribution is -2.47. The van der Waals surface area contributed by atoms with Crippen LogP contribution in [0.15, 0.2) is 0 Å². The van der Waals surface area contributed by atoms with Crippen molar-refractivity contribution in [2.75, 3.05) is 33.3 Å². The molecule has 1 fully saturated rings. The molecule has 1 atom stereocenters. The molecule has 1 aliphatic rings.